The third-order valence-electron chi connectivity index (χ3n) is 2.51. The van der Waals surface area contributed by atoms with Crippen LogP contribution in [-0.2, 0) is 11.8 Å². The lowest BCUT2D eigenvalue weighted by molar-refractivity contribution is 0.0944. The molecule has 2 heterocycles. The second-order valence-electron chi connectivity index (χ2n) is 5.19. The number of amides is 1. The first-order valence-corrected chi connectivity index (χ1v) is 6.94. The van der Waals surface area contributed by atoms with Crippen LogP contribution >= 0.6 is 11.3 Å². The van der Waals surface area contributed by atoms with Gasteiger partial charge in [-0.2, -0.15) is 0 Å². The fourth-order valence-corrected chi connectivity index (χ4v) is 2.06. The Bertz CT molecular complexity index is 541. The zero-order valence-corrected chi connectivity index (χ0v) is 12.0. The minimum Gasteiger partial charge on any atom is -0.349 e. The van der Waals surface area contributed by atoms with E-state index in [1.54, 1.807) is 17.5 Å². The average Bonchev–Trinajstić information content (AvgIpc) is 2.99. The van der Waals surface area contributed by atoms with E-state index in [2.05, 4.69) is 25.5 Å². The Kier molecular flexibility index (Phi) is 3.94. The predicted octanol–water partition coefficient (Wildman–Crippen LogP) is 1.53. The summed E-state index contributed by atoms with van der Waals surface area (Å²) in [5, 5.41) is 12.4. The van der Waals surface area contributed by atoms with Crippen molar-refractivity contribution in [2.24, 2.45) is 0 Å². The van der Waals surface area contributed by atoms with Gasteiger partial charge in [-0.05, 0) is 0 Å². The molecule has 0 bridgehead atoms. The molecular formula is C12H17N5OS. The number of aromatic amines is 1. The highest BCUT2D eigenvalue weighted by molar-refractivity contribution is 7.09. The van der Waals surface area contributed by atoms with Gasteiger partial charge >= 0.3 is 0 Å². The van der Waals surface area contributed by atoms with Gasteiger partial charge in [0.15, 0.2) is 0 Å². The van der Waals surface area contributed by atoms with Crippen LogP contribution in [0.25, 0.3) is 0 Å². The fraction of sp³-hybridized carbons (Fsp3) is 0.500. The number of nitrogens with one attached hydrogen (secondary N) is 2. The van der Waals surface area contributed by atoms with Crippen molar-refractivity contribution in [1.82, 2.24) is 25.5 Å². The highest BCUT2D eigenvalue weighted by Gasteiger charge is 2.21. The Morgan fingerprint density at radius 1 is 1.47 bits per heavy atom. The summed E-state index contributed by atoms with van der Waals surface area (Å²) >= 11 is 1.58. The van der Waals surface area contributed by atoms with Crippen LogP contribution in [0, 0.1) is 0 Å². The summed E-state index contributed by atoms with van der Waals surface area (Å²) in [4.78, 5) is 20.2. The maximum Gasteiger partial charge on any atom is 0.290 e. The van der Waals surface area contributed by atoms with Gasteiger partial charge < -0.3 is 5.32 Å². The number of carbonyl (C=O) groups excluding carboxylic acids is 1. The summed E-state index contributed by atoms with van der Waals surface area (Å²) in [6.45, 7) is 6.57. The minimum absolute atomic E-state index is 0.146. The molecule has 0 fully saturated rings. The van der Waals surface area contributed by atoms with Gasteiger partial charge in [0.25, 0.3) is 5.91 Å². The summed E-state index contributed by atoms with van der Waals surface area (Å²) in [6, 6.07) is 0. The number of hydrogen-bond acceptors (Lipinski definition) is 5. The number of hydrogen-bond donors (Lipinski definition) is 2. The van der Waals surface area contributed by atoms with E-state index in [9.17, 15) is 4.79 Å². The van der Waals surface area contributed by atoms with Crippen molar-refractivity contribution in [1.29, 1.82) is 0 Å². The van der Waals surface area contributed by atoms with Gasteiger partial charge in [-0.3, -0.25) is 9.89 Å². The van der Waals surface area contributed by atoms with Crippen molar-refractivity contribution in [3.63, 3.8) is 0 Å². The molecule has 2 aromatic heterocycles. The van der Waals surface area contributed by atoms with Gasteiger partial charge in [0.2, 0.25) is 5.82 Å². The molecule has 0 aliphatic rings. The van der Waals surface area contributed by atoms with Crippen molar-refractivity contribution < 1.29 is 4.79 Å². The Hall–Kier alpha value is -1.76. The molecule has 0 aliphatic carbocycles. The fourth-order valence-electron chi connectivity index (χ4n) is 1.44. The van der Waals surface area contributed by atoms with Crippen LogP contribution < -0.4 is 5.32 Å². The van der Waals surface area contributed by atoms with Crippen LogP contribution in [0.4, 0.5) is 0 Å². The van der Waals surface area contributed by atoms with Gasteiger partial charge in [0.05, 0.1) is 5.01 Å². The van der Waals surface area contributed by atoms with Crippen LogP contribution in [0.15, 0.2) is 11.6 Å². The molecule has 19 heavy (non-hydrogen) atoms. The second kappa shape index (κ2) is 5.48. The molecule has 0 unspecified atom stereocenters. The smallest absolute Gasteiger partial charge is 0.290 e. The van der Waals surface area contributed by atoms with Crippen LogP contribution in [0.3, 0.4) is 0 Å². The van der Waals surface area contributed by atoms with E-state index in [1.807, 2.05) is 26.2 Å². The monoisotopic (exact) mass is 279 g/mol. The zero-order chi connectivity index (χ0) is 13.9. The third kappa shape index (κ3) is 3.60. The first kappa shape index (κ1) is 13.7. The molecule has 7 heteroatoms. The van der Waals surface area contributed by atoms with Gasteiger partial charge in [0, 0.05) is 30.0 Å². The van der Waals surface area contributed by atoms with Gasteiger partial charge in [-0.25, -0.2) is 9.97 Å². The highest BCUT2D eigenvalue weighted by atomic mass is 32.1. The summed E-state index contributed by atoms with van der Waals surface area (Å²) in [5.74, 6) is 0.630. The Morgan fingerprint density at radius 3 is 2.84 bits per heavy atom. The van der Waals surface area contributed by atoms with Gasteiger partial charge in [-0.15, -0.1) is 16.4 Å². The molecule has 0 spiro atoms. The molecule has 0 saturated heterocycles. The lowest BCUT2D eigenvalue weighted by Gasteiger charge is -2.12. The molecule has 0 saturated carbocycles. The lowest BCUT2D eigenvalue weighted by atomic mass is 9.96. The Balaban J connectivity index is 1.88. The lowest BCUT2D eigenvalue weighted by Crippen LogP contribution is -2.27. The van der Waals surface area contributed by atoms with E-state index in [-0.39, 0.29) is 17.1 Å². The number of thiazole rings is 1. The summed E-state index contributed by atoms with van der Waals surface area (Å²) in [7, 11) is 0. The molecular weight excluding hydrogens is 262 g/mol. The van der Waals surface area contributed by atoms with Crippen LogP contribution in [0.5, 0.6) is 0 Å². The topological polar surface area (TPSA) is 83.6 Å². The normalized spacial score (nSPS) is 11.5. The van der Waals surface area contributed by atoms with E-state index in [1.165, 1.54) is 0 Å². The first-order chi connectivity index (χ1) is 8.97. The summed E-state index contributed by atoms with van der Waals surface area (Å²) in [5.41, 5.74) is -0.146. The SMILES string of the molecule is CC(C)(C)c1nc(C(=O)NCCc2nccs2)n[nH]1. The maximum absolute atomic E-state index is 11.8. The number of rotatable bonds is 4. The van der Waals surface area contributed by atoms with Gasteiger partial charge in [-0.1, -0.05) is 20.8 Å². The molecule has 0 aliphatic heterocycles. The quantitative estimate of drug-likeness (QED) is 0.889. The molecule has 102 valence electrons. The van der Waals surface area contributed by atoms with E-state index in [4.69, 9.17) is 0 Å². The van der Waals surface area contributed by atoms with Crippen molar-refractivity contribution >= 4 is 17.2 Å². The average molecular weight is 279 g/mol. The molecule has 0 radical (unpaired) electrons. The minimum atomic E-state index is -0.261. The van der Waals surface area contributed by atoms with Crippen molar-refractivity contribution in [2.45, 2.75) is 32.6 Å². The third-order valence-corrected chi connectivity index (χ3v) is 3.35. The molecule has 2 aromatic rings. The highest BCUT2D eigenvalue weighted by Crippen LogP contribution is 2.17. The van der Waals surface area contributed by atoms with Crippen LogP contribution in [0.2, 0.25) is 0 Å². The van der Waals surface area contributed by atoms with Crippen LogP contribution in [0.1, 0.15) is 42.2 Å². The number of nitrogens with zero attached hydrogens (tertiary/aromatic N) is 3. The predicted molar refractivity (Wildman–Crippen MR) is 73.2 cm³/mol. The number of H-pyrrole nitrogens is 1. The number of aromatic nitrogens is 4. The van der Waals surface area contributed by atoms with Gasteiger partial charge in [0.1, 0.15) is 5.82 Å². The largest absolute Gasteiger partial charge is 0.349 e. The Labute approximate surface area is 115 Å². The first-order valence-electron chi connectivity index (χ1n) is 6.06. The van der Waals surface area contributed by atoms with Crippen molar-refractivity contribution in [2.75, 3.05) is 6.54 Å². The van der Waals surface area contributed by atoms with E-state index in [0.717, 1.165) is 11.4 Å². The van der Waals surface area contributed by atoms with Crippen LogP contribution in [-0.4, -0.2) is 32.6 Å². The van der Waals surface area contributed by atoms with Crippen molar-refractivity contribution in [3.8, 4) is 0 Å². The molecule has 6 nitrogen and oxygen atoms in total. The second-order valence-corrected chi connectivity index (χ2v) is 6.17. The molecule has 0 atom stereocenters. The molecule has 2 rings (SSSR count). The zero-order valence-electron chi connectivity index (χ0n) is 11.2. The summed E-state index contributed by atoms with van der Waals surface area (Å²) in [6.07, 6.45) is 2.48. The molecule has 2 N–H and O–H groups in total. The van der Waals surface area contributed by atoms with E-state index >= 15 is 0 Å². The number of carbonyl (C=O) groups is 1. The van der Waals surface area contributed by atoms with E-state index < -0.39 is 0 Å². The maximum atomic E-state index is 11.8. The standard InChI is InChI=1S/C12H17N5OS/c1-12(2,3)11-15-9(16-17-11)10(18)14-5-4-8-13-6-7-19-8/h6-7H,4-5H2,1-3H3,(H,14,18)(H,15,16,17). The summed E-state index contributed by atoms with van der Waals surface area (Å²) < 4.78 is 0. The molecule has 1 amide bonds. The van der Waals surface area contributed by atoms with Crippen molar-refractivity contribution in [3.05, 3.63) is 28.2 Å². The molecule has 0 aromatic carbocycles. The Morgan fingerprint density at radius 2 is 2.26 bits per heavy atom. The van der Waals surface area contributed by atoms with E-state index in [0.29, 0.717) is 12.4 Å².